The molecule has 206 valence electrons. The molecule has 5 atom stereocenters. The van der Waals surface area contributed by atoms with Crippen molar-refractivity contribution in [3.63, 3.8) is 0 Å². The van der Waals surface area contributed by atoms with E-state index < -0.39 is 27.4 Å². The van der Waals surface area contributed by atoms with Crippen molar-refractivity contribution in [2.45, 2.75) is 61.0 Å². The fraction of sp³-hybridized carbons (Fsp3) is 0.552. The van der Waals surface area contributed by atoms with Crippen LogP contribution in [-0.4, -0.2) is 69.6 Å². The second-order valence-electron chi connectivity index (χ2n) is 10.5. The molecule has 0 aromatic heterocycles. The molecule has 4 rings (SSSR count). The lowest BCUT2D eigenvalue weighted by Crippen LogP contribution is -2.55. The zero-order valence-corrected chi connectivity index (χ0v) is 23.5. The quantitative estimate of drug-likeness (QED) is 0.215. The lowest BCUT2D eigenvalue weighted by molar-refractivity contribution is -0.155. The van der Waals surface area contributed by atoms with Gasteiger partial charge in [-0.2, -0.15) is 0 Å². The summed E-state index contributed by atoms with van der Waals surface area (Å²) in [5.74, 6) is -2.03. The van der Waals surface area contributed by atoms with Gasteiger partial charge in [-0.3, -0.25) is 14.4 Å². The van der Waals surface area contributed by atoms with Gasteiger partial charge in [0.05, 0.1) is 33.9 Å². The van der Waals surface area contributed by atoms with Crippen molar-refractivity contribution >= 4 is 46.8 Å². The fourth-order valence-corrected chi connectivity index (χ4v) is 9.02. The van der Waals surface area contributed by atoms with E-state index in [0.29, 0.717) is 42.9 Å². The molecule has 0 saturated carbocycles. The highest BCUT2D eigenvalue weighted by Crippen LogP contribution is 2.71. The highest BCUT2D eigenvalue weighted by molar-refractivity contribution is 8.02. The first kappa shape index (κ1) is 28.7. The van der Waals surface area contributed by atoms with Crippen LogP contribution in [-0.2, 0) is 19.1 Å². The number of carbonyl (C=O) groups excluding carboxylic acids is 3. The van der Waals surface area contributed by atoms with Gasteiger partial charge < -0.3 is 19.6 Å². The standard InChI is InChI=1S/C29H37ClN2O5S/c1-4-6-11-19-37-27(36)23-22-25(34)32(17-9-10-18-33)24(29(22)15-14-28(23,3)38-29)26(35)31(16-5-2)21-13-8-7-12-20(21)30/h4-5,7-8,12-13,22-24,33H,1-2,6,9-11,14-19H2,3H3/t22-,23+,24?,28-,29?/m0/s1. The normalized spacial score (nSPS) is 29.3. The number of hydrogen-bond donors (Lipinski definition) is 1. The van der Waals surface area contributed by atoms with Crippen LogP contribution in [0.25, 0.3) is 0 Å². The lowest BCUT2D eigenvalue weighted by atomic mass is 9.66. The van der Waals surface area contributed by atoms with Crippen LogP contribution >= 0.6 is 23.4 Å². The number of likely N-dealkylation sites (tertiary alicyclic amines) is 1. The van der Waals surface area contributed by atoms with Gasteiger partial charge in [-0.15, -0.1) is 24.9 Å². The van der Waals surface area contributed by atoms with Gasteiger partial charge in [0.25, 0.3) is 5.91 Å². The summed E-state index contributed by atoms with van der Waals surface area (Å²) < 4.78 is 4.44. The molecule has 1 aromatic carbocycles. The molecule has 3 heterocycles. The molecule has 9 heteroatoms. The second kappa shape index (κ2) is 11.8. The topological polar surface area (TPSA) is 87.1 Å². The number of carbonyl (C=O) groups is 3. The summed E-state index contributed by atoms with van der Waals surface area (Å²) in [6.07, 6.45) is 7.30. The first-order valence-electron chi connectivity index (χ1n) is 13.3. The van der Waals surface area contributed by atoms with Crippen molar-refractivity contribution in [1.29, 1.82) is 0 Å². The Morgan fingerprint density at radius 3 is 2.68 bits per heavy atom. The molecular weight excluding hydrogens is 524 g/mol. The summed E-state index contributed by atoms with van der Waals surface area (Å²) in [7, 11) is 0. The minimum absolute atomic E-state index is 0.00388. The van der Waals surface area contributed by atoms with E-state index in [1.165, 1.54) is 0 Å². The predicted molar refractivity (Wildman–Crippen MR) is 151 cm³/mol. The molecule has 3 saturated heterocycles. The number of aliphatic hydroxyl groups excluding tert-OH is 1. The molecule has 2 amide bonds. The maximum atomic E-state index is 14.5. The molecular formula is C29H37ClN2O5S. The van der Waals surface area contributed by atoms with Crippen LogP contribution in [0.2, 0.25) is 5.02 Å². The van der Waals surface area contributed by atoms with Crippen molar-refractivity contribution in [1.82, 2.24) is 4.90 Å². The van der Waals surface area contributed by atoms with Gasteiger partial charge in [0, 0.05) is 24.4 Å². The summed E-state index contributed by atoms with van der Waals surface area (Å²) >= 11 is 8.12. The van der Waals surface area contributed by atoms with E-state index in [2.05, 4.69) is 13.2 Å². The van der Waals surface area contributed by atoms with E-state index in [-0.39, 0.29) is 37.5 Å². The Morgan fingerprint density at radius 1 is 1.24 bits per heavy atom. The molecule has 0 aliphatic carbocycles. The number of amides is 2. The van der Waals surface area contributed by atoms with Crippen molar-refractivity contribution in [2.24, 2.45) is 11.8 Å². The number of hydrogen-bond acceptors (Lipinski definition) is 6. The molecule has 1 N–H and O–H groups in total. The number of anilines is 1. The maximum Gasteiger partial charge on any atom is 0.311 e. The van der Waals surface area contributed by atoms with E-state index in [0.717, 1.165) is 12.8 Å². The molecule has 38 heavy (non-hydrogen) atoms. The number of unbranched alkanes of at least 4 members (excludes halogenated alkanes) is 2. The maximum absolute atomic E-state index is 14.5. The summed E-state index contributed by atoms with van der Waals surface area (Å²) in [6, 6.07) is 6.38. The Hall–Kier alpha value is -2.29. The number of fused-ring (bicyclic) bond motifs is 1. The average Bonchev–Trinajstić information content (AvgIpc) is 3.46. The highest BCUT2D eigenvalue weighted by Gasteiger charge is 2.77. The number of nitrogens with zero attached hydrogens (tertiary/aromatic N) is 2. The van der Waals surface area contributed by atoms with Gasteiger partial charge in [-0.1, -0.05) is 35.9 Å². The zero-order chi connectivity index (χ0) is 27.5. The molecule has 2 bridgehead atoms. The smallest absolute Gasteiger partial charge is 0.311 e. The largest absolute Gasteiger partial charge is 0.465 e. The lowest BCUT2D eigenvalue weighted by Gasteiger charge is -2.37. The van der Waals surface area contributed by atoms with Gasteiger partial charge in [0.15, 0.2) is 0 Å². The summed E-state index contributed by atoms with van der Waals surface area (Å²) in [5.41, 5.74) is 0.559. The van der Waals surface area contributed by atoms with Gasteiger partial charge in [0.1, 0.15) is 6.04 Å². The third-order valence-corrected chi connectivity index (χ3v) is 10.4. The minimum atomic E-state index is -0.764. The number of halogens is 1. The highest BCUT2D eigenvalue weighted by atomic mass is 35.5. The summed E-state index contributed by atoms with van der Waals surface area (Å²) in [5, 5.41) is 9.81. The van der Waals surface area contributed by atoms with Crippen molar-refractivity contribution in [3.8, 4) is 0 Å². The molecule has 1 spiro atoms. The van der Waals surface area contributed by atoms with E-state index in [1.54, 1.807) is 51.9 Å². The Balaban J connectivity index is 1.73. The predicted octanol–water partition coefficient (Wildman–Crippen LogP) is 4.62. The Labute approximate surface area is 234 Å². The zero-order valence-electron chi connectivity index (χ0n) is 21.9. The van der Waals surface area contributed by atoms with Crippen LogP contribution in [0, 0.1) is 11.8 Å². The number of para-hydroxylation sites is 1. The van der Waals surface area contributed by atoms with Gasteiger partial charge in [-0.25, -0.2) is 0 Å². The SMILES string of the molecule is C=CCCCOC(=O)[C@H]1[C@H]2C(=O)N(CCCCO)C(C(=O)N(CC=C)c3ccccc3Cl)C23CC[C@]1(C)S3. The number of esters is 1. The number of rotatable bonds is 13. The molecule has 0 radical (unpaired) electrons. The average molecular weight is 561 g/mol. The molecule has 7 nitrogen and oxygen atoms in total. The molecule has 3 fully saturated rings. The van der Waals surface area contributed by atoms with Crippen LogP contribution in [0.1, 0.15) is 45.4 Å². The van der Waals surface area contributed by atoms with Crippen molar-refractivity contribution in [3.05, 3.63) is 54.6 Å². The van der Waals surface area contributed by atoms with Crippen LogP contribution < -0.4 is 4.90 Å². The number of benzene rings is 1. The third kappa shape index (κ3) is 4.91. The van der Waals surface area contributed by atoms with E-state index in [9.17, 15) is 19.5 Å². The van der Waals surface area contributed by atoms with Gasteiger partial charge in [-0.05, 0) is 57.6 Å². The molecule has 1 aromatic rings. The fourth-order valence-electron chi connectivity index (χ4n) is 6.44. The number of aliphatic hydroxyl groups is 1. The number of ether oxygens (including phenoxy) is 1. The number of allylic oxidation sites excluding steroid dienone is 1. The van der Waals surface area contributed by atoms with E-state index in [1.807, 2.05) is 13.0 Å². The first-order valence-corrected chi connectivity index (χ1v) is 14.5. The van der Waals surface area contributed by atoms with Crippen LogP contribution in [0.3, 0.4) is 0 Å². The second-order valence-corrected chi connectivity index (χ2v) is 12.8. The van der Waals surface area contributed by atoms with Crippen LogP contribution in [0.5, 0.6) is 0 Å². The minimum Gasteiger partial charge on any atom is -0.465 e. The Kier molecular flexibility index (Phi) is 8.95. The van der Waals surface area contributed by atoms with Crippen molar-refractivity contribution < 1.29 is 24.2 Å². The molecule has 3 aliphatic heterocycles. The van der Waals surface area contributed by atoms with Crippen LogP contribution in [0.4, 0.5) is 5.69 Å². The summed E-state index contributed by atoms with van der Waals surface area (Å²) in [4.78, 5) is 45.3. The molecule has 3 aliphatic rings. The van der Waals surface area contributed by atoms with E-state index >= 15 is 0 Å². The van der Waals surface area contributed by atoms with Crippen molar-refractivity contribution in [2.75, 3.05) is 31.2 Å². The Bertz CT molecular complexity index is 1100. The van der Waals surface area contributed by atoms with Gasteiger partial charge in [0.2, 0.25) is 5.91 Å². The third-order valence-electron chi connectivity index (χ3n) is 8.09. The monoisotopic (exact) mass is 560 g/mol. The van der Waals surface area contributed by atoms with Crippen LogP contribution in [0.15, 0.2) is 49.6 Å². The van der Waals surface area contributed by atoms with E-state index in [4.69, 9.17) is 16.3 Å². The molecule has 2 unspecified atom stereocenters. The number of thioether (sulfide) groups is 1. The van der Waals surface area contributed by atoms with Gasteiger partial charge >= 0.3 is 5.97 Å². The first-order chi connectivity index (χ1) is 18.3. The Morgan fingerprint density at radius 2 is 2.00 bits per heavy atom. The summed E-state index contributed by atoms with van der Waals surface area (Å²) in [6.45, 7) is 10.4.